The van der Waals surface area contributed by atoms with Crippen molar-refractivity contribution in [2.75, 3.05) is 18.0 Å². The summed E-state index contributed by atoms with van der Waals surface area (Å²) in [6.07, 6.45) is -0.0312. The zero-order valence-electron chi connectivity index (χ0n) is 18.2. The van der Waals surface area contributed by atoms with Crippen molar-refractivity contribution >= 4 is 23.1 Å². The molecule has 0 saturated carbocycles. The number of carbonyl (C=O) groups excluding carboxylic acids is 2. The summed E-state index contributed by atoms with van der Waals surface area (Å²) in [5.74, 6) is -0.532. The molecule has 0 aliphatic carbocycles. The van der Waals surface area contributed by atoms with Gasteiger partial charge in [0.15, 0.2) is 0 Å². The highest BCUT2D eigenvalue weighted by Gasteiger charge is 2.43. The third kappa shape index (κ3) is 3.54. The fourth-order valence-corrected chi connectivity index (χ4v) is 4.33. The Morgan fingerprint density at radius 2 is 1.57 bits per heavy atom. The monoisotopic (exact) mass is 404 g/mol. The van der Waals surface area contributed by atoms with E-state index < -0.39 is 0 Å². The highest BCUT2D eigenvalue weighted by molar-refractivity contribution is 6.45. The van der Waals surface area contributed by atoms with Crippen LogP contribution in [-0.4, -0.2) is 42.0 Å². The van der Waals surface area contributed by atoms with Crippen molar-refractivity contribution in [2.24, 2.45) is 0 Å². The van der Waals surface area contributed by atoms with Crippen molar-refractivity contribution in [2.45, 2.75) is 46.8 Å². The van der Waals surface area contributed by atoms with E-state index in [1.165, 1.54) is 4.90 Å². The summed E-state index contributed by atoms with van der Waals surface area (Å²) in [5.41, 5.74) is 5.60. The SMILES string of the molecule is Cc1cccc(N2C(=O)C(c3ccc(C)c(C)c3)=C(N3CC(C)OC(C)C3)C2=O)c1. The molecule has 0 N–H and O–H groups in total. The number of carbonyl (C=O) groups is 2. The van der Waals surface area contributed by atoms with Crippen LogP contribution in [0.3, 0.4) is 0 Å². The number of anilines is 1. The maximum Gasteiger partial charge on any atom is 0.282 e. The van der Waals surface area contributed by atoms with Crippen molar-refractivity contribution in [1.29, 1.82) is 0 Å². The maximum atomic E-state index is 13.6. The molecule has 1 fully saturated rings. The Morgan fingerprint density at radius 1 is 0.867 bits per heavy atom. The second kappa shape index (κ2) is 7.73. The number of benzene rings is 2. The third-order valence-electron chi connectivity index (χ3n) is 5.85. The highest BCUT2D eigenvalue weighted by atomic mass is 16.5. The quantitative estimate of drug-likeness (QED) is 0.726. The smallest absolute Gasteiger partial charge is 0.282 e. The number of nitrogens with zero attached hydrogens (tertiary/aromatic N) is 2. The summed E-state index contributed by atoms with van der Waals surface area (Å²) in [7, 11) is 0. The Hall–Kier alpha value is -2.92. The molecular formula is C25H28N2O3. The lowest BCUT2D eigenvalue weighted by Crippen LogP contribution is -2.47. The van der Waals surface area contributed by atoms with Gasteiger partial charge in [0.2, 0.25) is 0 Å². The van der Waals surface area contributed by atoms with Crippen molar-refractivity contribution in [3.8, 4) is 0 Å². The first-order valence-electron chi connectivity index (χ1n) is 10.4. The molecule has 2 aliphatic rings. The van der Waals surface area contributed by atoms with Crippen LogP contribution in [0, 0.1) is 20.8 Å². The summed E-state index contributed by atoms with van der Waals surface area (Å²) in [6.45, 7) is 11.2. The average molecular weight is 405 g/mol. The Morgan fingerprint density at radius 3 is 2.20 bits per heavy atom. The number of aryl methyl sites for hydroxylation is 3. The second-order valence-corrected chi connectivity index (χ2v) is 8.47. The molecule has 2 aromatic carbocycles. The highest BCUT2D eigenvalue weighted by Crippen LogP contribution is 2.36. The first-order valence-corrected chi connectivity index (χ1v) is 10.4. The minimum atomic E-state index is -0.268. The van der Waals surface area contributed by atoms with E-state index in [9.17, 15) is 9.59 Å². The molecule has 5 heteroatoms. The Bertz CT molecular complexity index is 1050. The minimum absolute atomic E-state index is 0.0156. The molecule has 2 aliphatic heterocycles. The van der Waals surface area contributed by atoms with Crippen molar-refractivity contribution in [3.63, 3.8) is 0 Å². The van der Waals surface area contributed by atoms with Gasteiger partial charge in [-0.25, -0.2) is 4.90 Å². The molecule has 2 amide bonds. The lowest BCUT2D eigenvalue weighted by Gasteiger charge is -2.37. The summed E-state index contributed by atoms with van der Waals surface area (Å²) >= 11 is 0. The fraction of sp³-hybridized carbons (Fsp3) is 0.360. The molecule has 0 bridgehead atoms. The predicted molar refractivity (Wildman–Crippen MR) is 118 cm³/mol. The van der Waals surface area contributed by atoms with Gasteiger partial charge in [0, 0.05) is 13.1 Å². The second-order valence-electron chi connectivity index (χ2n) is 8.47. The lowest BCUT2D eigenvalue weighted by molar-refractivity contribution is -0.121. The lowest BCUT2D eigenvalue weighted by atomic mass is 9.99. The number of amides is 2. The van der Waals surface area contributed by atoms with Crippen LogP contribution in [0.1, 0.15) is 36.1 Å². The van der Waals surface area contributed by atoms with E-state index in [-0.39, 0.29) is 24.0 Å². The van der Waals surface area contributed by atoms with Gasteiger partial charge in [-0.2, -0.15) is 0 Å². The molecule has 5 nitrogen and oxygen atoms in total. The Balaban J connectivity index is 1.86. The van der Waals surface area contributed by atoms with Crippen LogP contribution in [-0.2, 0) is 14.3 Å². The molecular weight excluding hydrogens is 376 g/mol. The molecule has 0 radical (unpaired) electrons. The maximum absolute atomic E-state index is 13.6. The number of morpholine rings is 1. The zero-order valence-corrected chi connectivity index (χ0v) is 18.2. The number of rotatable bonds is 3. The molecule has 2 atom stereocenters. The normalized spacial score (nSPS) is 22.3. The van der Waals surface area contributed by atoms with Crippen molar-refractivity contribution < 1.29 is 14.3 Å². The van der Waals surface area contributed by atoms with Gasteiger partial charge in [0.05, 0.1) is 23.5 Å². The largest absolute Gasteiger partial charge is 0.372 e. The van der Waals surface area contributed by atoms with E-state index in [4.69, 9.17) is 4.74 Å². The Labute approximate surface area is 177 Å². The standard InChI is InChI=1S/C25H28N2O3/c1-15-7-6-8-21(11-15)27-24(28)22(20-10-9-16(2)17(3)12-20)23(25(27)29)26-13-18(4)30-19(5)14-26/h6-12,18-19H,13-14H2,1-5H3. The van der Waals surface area contributed by atoms with Gasteiger partial charge in [-0.15, -0.1) is 0 Å². The predicted octanol–water partition coefficient (Wildman–Crippen LogP) is 4.01. The van der Waals surface area contributed by atoms with E-state index in [2.05, 4.69) is 0 Å². The van der Waals surface area contributed by atoms with Crippen LogP contribution in [0.4, 0.5) is 5.69 Å². The van der Waals surface area contributed by atoms with Gasteiger partial charge in [0.1, 0.15) is 5.70 Å². The van der Waals surface area contributed by atoms with Crippen molar-refractivity contribution in [1.82, 2.24) is 4.90 Å². The van der Waals surface area contributed by atoms with Gasteiger partial charge in [-0.1, -0.05) is 30.3 Å². The van der Waals surface area contributed by atoms with Crippen LogP contribution in [0.2, 0.25) is 0 Å². The van der Waals surface area contributed by atoms with Crippen LogP contribution >= 0.6 is 0 Å². The van der Waals surface area contributed by atoms with Crippen LogP contribution in [0.25, 0.3) is 5.57 Å². The number of ether oxygens (including phenoxy) is 1. The fourth-order valence-electron chi connectivity index (χ4n) is 4.33. The molecule has 30 heavy (non-hydrogen) atoms. The van der Waals surface area contributed by atoms with Gasteiger partial charge < -0.3 is 9.64 Å². The van der Waals surface area contributed by atoms with Crippen LogP contribution < -0.4 is 4.90 Å². The molecule has 2 unspecified atom stereocenters. The summed E-state index contributed by atoms with van der Waals surface area (Å²) in [6, 6.07) is 13.5. The molecule has 1 saturated heterocycles. The zero-order chi connectivity index (χ0) is 21.6. The van der Waals surface area contributed by atoms with Crippen molar-refractivity contribution in [3.05, 3.63) is 70.4 Å². The average Bonchev–Trinajstić information content (AvgIpc) is 2.93. The molecule has 0 spiro atoms. The molecule has 0 aromatic heterocycles. The topological polar surface area (TPSA) is 49.9 Å². The van der Waals surface area contributed by atoms with Gasteiger partial charge >= 0.3 is 0 Å². The number of imide groups is 1. The molecule has 156 valence electrons. The van der Waals surface area contributed by atoms with Crippen LogP contribution in [0.5, 0.6) is 0 Å². The third-order valence-corrected chi connectivity index (χ3v) is 5.85. The van der Waals surface area contributed by atoms with Gasteiger partial charge in [-0.05, 0) is 69.0 Å². The van der Waals surface area contributed by atoms with E-state index in [1.54, 1.807) is 0 Å². The number of hydrogen-bond donors (Lipinski definition) is 0. The Kier molecular flexibility index (Phi) is 5.24. The minimum Gasteiger partial charge on any atom is -0.372 e. The molecule has 2 heterocycles. The summed E-state index contributed by atoms with van der Waals surface area (Å²) < 4.78 is 5.87. The van der Waals surface area contributed by atoms with E-state index in [1.807, 2.05) is 82.0 Å². The summed E-state index contributed by atoms with van der Waals surface area (Å²) in [5, 5.41) is 0. The van der Waals surface area contributed by atoms with Crippen LogP contribution in [0.15, 0.2) is 48.2 Å². The van der Waals surface area contributed by atoms with E-state index >= 15 is 0 Å². The van der Waals surface area contributed by atoms with Gasteiger partial charge in [-0.3, -0.25) is 9.59 Å². The van der Waals surface area contributed by atoms with E-state index in [0.29, 0.717) is 30.0 Å². The molecule has 4 rings (SSSR count). The number of hydrogen-bond acceptors (Lipinski definition) is 4. The first kappa shape index (κ1) is 20.4. The van der Waals surface area contributed by atoms with Gasteiger partial charge in [0.25, 0.3) is 11.8 Å². The summed E-state index contributed by atoms with van der Waals surface area (Å²) in [4.78, 5) is 30.6. The first-order chi connectivity index (χ1) is 14.3. The molecule has 2 aromatic rings. The van der Waals surface area contributed by atoms with E-state index in [0.717, 1.165) is 22.3 Å².